The Bertz CT molecular complexity index is 862. The standard InChI is InChI=1S/C30H46O3/c1-7-9-11-13-17-29(3,4)22-19-26(32)28-23-18-21(25(31)14-12-10-8-2)15-16-24(23)30(5,6)33-27(28)20-22/h15,19-20,23-24,32H,7-14,16-18H2,1-6H3/t23-,24-/m1/s1. The molecule has 0 saturated carbocycles. The van der Waals surface area contributed by atoms with Gasteiger partial charge in [-0.05, 0) is 68.2 Å². The van der Waals surface area contributed by atoms with Crippen molar-refractivity contribution in [1.29, 1.82) is 0 Å². The van der Waals surface area contributed by atoms with E-state index in [2.05, 4.69) is 53.7 Å². The fraction of sp³-hybridized carbons (Fsp3) is 0.700. The summed E-state index contributed by atoms with van der Waals surface area (Å²) in [5.74, 6) is 1.83. The van der Waals surface area contributed by atoms with Crippen LogP contribution in [0, 0.1) is 5.92 Å². The van der Waals surface area contributed by atoms with E-state index in [9.17, 15) is 9.90 Å². The van der Waals surface area contributed by atoms with Crippen LogP contribution in [0.15, 0.2) is 23.8 Å². The van der Waals surface area contributed by atoms with Gasteiger partial charge in [0.1, 0.15) is 17.1 Å². The van der Waals surface area contributed by atoms with Gasteiger partial charge in [0.2, 0.25) is 0 Å². The van der Waals surface area contributed by atoms with Crippen LogP contribution >= 0.6 is 0 Å². The summed E-state index contributed by atoms with van der Waals surface area (Å²) in [4.78, 5) is 12.9. The summed E-state index contributed by atoms with van der Waals surface area (Å²) >= 11 is 0. The summed E-state index contributed by atoms with van der Waals surface area (Å²) in [5, 5.41) is 11.2. The van der Waals surface area contributed by atoms with Gasteiger partial charge in [-0.1, -0.05) is 72.3 Å². The Hall–Kier alpha value is -1.77. The maximum Gasteiger partial charge on any atom is 0.158 e. The first-order valence-electron chi connectivity index (χ1n) is 13.4. The first kappa shape index (κ1) is 25.8. The SMILES string of the molecule is CCCCCCC(C)(C)c1cc(O)c2c(c1)OC(C)(C)[C@@H]1CC=C(C(=O)CCCCC)C[C@@H]21. The monoisotopic (exact) mass is 454 g/mol. The van der Waals surface area contributed by atoms with Gasteiger partial charge in [0.05, 0.1) is 0 Å². The van der Waals surface area contributed by atoms with Crippen molar-refractivity contribution in [3.05, 3.63) is 34.9 Å². The molecule has 3 nitrogen and oxygen atoms in total. The maximum atomic E-state index is 12.9. The van der Waals surface area contributed by atoms with Gasteiger partial charge >= 0.3 is 0 Å². The molecule has 33 heavy (non-hydrogen) atoms. The van der Waals surface area contributed by atoms with Gasteiger partial charge in [-0.3, -0.25) is 4.79 Å². The van der Waals surface area contributed by atoms with Crippen LogP contribution in [-0.2, 0) is 10.2 Å². The second kappa shape index (κ2) is 10.7. The second-order valence-electron chi connectivity index (χ2n) is 11.6. The molecule has 1 aromatic rings. The largest absolute Gasteiger partial charge is 0.508 e. The lowest BCUT2D eigenvalue weighted by Gasteiger charge is -2.47. The van der Waals surface area contributed by atoms with Gasteiger partial charge in [-0.2, -0.15) is 0 Å². The van der Waals surface area contributed by atoms with Crippen LogP contribution in [0.4, 0.5) is 0 Å². The van der Waals surface area contributed by atoms with Crippen LogP contribution in [0.3, 0.4) is 0 Å². The number of benzene rings is 1. The molecule has 184 valence electrons. The molecule has 1 aliphatic heterocycles. The summed E-state index contributed by atoms with van der Waals surface area (Å²) in [6.07, 6.45) is 13.6. The third-order valence-electron chi connectivity index (χ3n) is 8.10. The lowest BCUT2D eigenvalue weighted by molar-refractivity contribution is -0.116. The first-order valence-corrected chi connectivity index (χ1v) is 13.4. The highest BCUT2D eigenvalue weighted by molar-refractivity contribution is 5.95. The average molecular weight is 455 g/mol. The van der Waals surface area contributed by atoms with E-state index in [0.29, 0.717) is 18.6 Å². The van der Waals surface area contributed by atoms with Crippen LogP contribution in [0.25, 0.3) is 0 Å². The zero-order valence-corrected chi connectivity index (χ0v) is 21.9. The highest BCUT2D eigenvalue weighted by Gasteiger charge is 2.47. The fourth-order valence-corrected chi connectivity index (χ4v) is 5.85. The molecule has 1 aliphatic carbocycles. The van der Waals surface area contributed by atoms with Crippen LogP contribution < -0.4 is 4.74 Å². The maximum absolute atomic E-state index is 12.9. The molecular weight excluding hydrogens is 408 g/mol. The quantitative estimate of drug-likeness (QED) is 0.341. The number of aromatic hydroxyl groups is 1. The van der Waals surface area contributed by atoms with Crippen molar-refractivity contribution in [2.75, 3.05) is 0 Å². The smallest absolute Gasteiger partial charge is 0.158 e. The van der Waals surface area contributed by atoms with E-state index in [0.717, 1.165) is 54.6 Å². The molecular formula is C30H46O3. The second-order valence-corrected chi connectivity index (χ2v) is 11.6. The van der Waals surface area contributed by atoms with E-state index in [1.807, 2.05) is 6.07 Å². The number of ketones is 1. The van der Waals surface area contributed by atoms with Crippen molar-refractivity contribution in [3.63, 3.8) is 0 Å². The Morgan fingerprint density at radius 3 is 2.48 bits per heavy atom. The molecule has 2 atom stereocenters. The van der Waals surface area contributed by atoms with Crippen molar-refractivity contribution >= 4 is 5.78 Å². The minimum atomic E-state index is -0.332. The Morgan fingerprint density at radius 2 is 1.79 bits per heavy atom. The molecule has 2 aliphatic rings. The van der Waals surface area contributed by atoms with E-state index < -0.39 is 0 Å². The van der Waals surface area contributed by atoms with Gasteiger partial charge in [-0.15, -0.1) is 0 Å². The Kier molecular flexibility index (Phi) is 8.35. The third-order valence-corrected chi connectivity index (χ3v) is 8.10. The zero-order chi connectivity index (χ0) is 24.2. The summed E-state index contributed by atoms with van der Waals surface area (Å²) in [5.41, 5.74) is 2.66. The van der Waals surface area contributed by atoms with Gasteiger partial charge in [0.25, 0.3) is 0 Å². The molecule has 0 bridgehead atoms. The molecule has 0 saturated heterocycles. The molecule has 0 amide bonds. The number of ether oxygens (including phenoxy) is 1. The highest BCUT2D eigenvalue weighted by Crippen LogP contribution is 2.55. The number of unbranched alkanes of at least 4 members (excludes halogenated alkanes) is 5. The number of fused-ring (bicyclic) bond motifs is 3. The molecule has 3 rings (SSSR count). The predicted molar refractivity (Wildman–Crippen MR) is 137 cm³/mol. The van der Waals surface area contributed by atoms with Crippen molar-refractivity contribution < 1.29 is 14.6 Å². The summed E-state index contributed by atoms with van der Waals surface area (Å²) in [6.45, 7) is 13.3. The van der Waals surface area contributed by atoms with Crippen molar-refractivity contribution in [2.45, 2.75) is 129 Å². The van der Waals surface area contributed by atoms with Gasteiger partial charge in [-0.25, -0.2) is 0 Å². The molecule has 1 heterocycles. The number of hydrogen-bond acceptors (Lipinski definition) is 3. The van der Waals surface area contributed by atoms with Crippen LogP contribution in [0.5, 0.6) is 11.5 Å². The number of rotatable bonds is 11. The van der Waals surface area contributed by atoms with E-state index in [1.54, 1.807) is 0 Å². The van der Waals surface area contributed by atoms with Crippen LogP contribution in [-0.4, -0.2) is 16.5 Å². The van der Waals surface area contributed by atoms with E-state index in [1.165, 1.54) is 25.7 Å². The predicted octanol–water partition coefficient (Wildman–Crippen LogP) is 8.38. The van der Waals surface area contributed by atoms with Gasteiger partial charge in [0.15, 0.2) is 5.78 Å². The first-order chi connectivity index (χ1) is 15.6. The molecule has 0 unspecified atom stereocenters. The number of phenolic OH excluding ortho intramolecular Hbond substituents is 1. The molecule has 0 aromatic heterocycles. The Labute approximate surface area is 202 Å². The molecule has 1 N–H and O–H groups in total. The normalized spacial score (nSPS) is 21.6. The van der Waals surface area contributed by atoms with E-state index >= 15 is 0 Å². The van der Waals surface area contributed by atoms with Crippen molar-refractivity contribution in [3.8, 4) is 11.5 Å². The summed E-state index contributed by atoms with van der Waals surface area (Å²) in [6, 6.07) is 4.15. The molecule has 1 aromatic carbocycles. The Morgan fingerprint density at radius 1 is 1.09 bits per heavy atom. The summed E-state index contributed by atoms with van der Waals surface area (Å²) < 4.78 is 6.55. The summed E-state index contributed by atoms with van der Waals surface area (Å²) in [7, 11) is 0. The number of carbonyl (C=O) groups excluding carboxylic acids is 1. The van der Waals surface area contributed by atoms with Gasteiger partial charge < -0.3 is 9.84 Å². The molecule has 0 fully saturated rings. The van der Waals surface area contributed by atoms with Crippen molar-refractivity contribution in [1.82, 2.24) is 0 Å². The van der Waals surface area contributed by atoms with Crippen molar-refractivity contribution in [2.24, 2.45) is 5.92 Å². The molecule has 0 radical (unpaired) electrons. The average Bonchev–Trinajstić information content (AvgIpc) is 2.75. The zero-order valence-electron chi connectivity index (χ0n) is 21.9. The number of phenols is 1. The van der Waals surface area contributed by atoms with E-state index in [-0.39, 0.29) is 28.6 Å². The van der Waals surface area contributed by atoms with Crippen LogP contribution in [0.1, 0.15) is 129 Å². The molecule has 3 heteroatoms. The fourth-order valence-electron chi connectivity index (χ4n) is 5.85. The Balaban J connectivity index is 1.87. The number of carbonyl (C=O) groups is 1. The lowest BCUT2D eigenvalue weighted by atomic mass is 9.66. The highest BCUT2D eigenvalue weighted by atomic mass is 16.5. The third kappa shape index (κ3) is 5.84. The number of allylic oxidation sites excluding steroid dienone is 2. The minimum absolute atomic E-state index is 0.0164. The topological polar surface area (TPSA) is 46.5 Å². The molecule has 0 spiro atoms. The van der Waals surface area contributed by atoms with Crippen LogP contribution in [0.2, 0.25) is 0 Å². The minimum Gasteiger partial charge on any atom is -0.508 e. The number of Topliss-reactive ketones (excluding diaryl/α,β-unsaturated/α-hetero) is 1. The lowest BCUT2D eigenvalue weighted by Crippen LogP contribution is -2.46. The van der Waals surface area contributed by atoms with E-state index in [4.69, 9.17) is 4.74 Å². The number of hydrogen-bond donors (Lipinski definition) is 1. The van der Waals surface area contributed by atoms with Gasteiger partial charge in [0, 0.05) is 23.8 Å².